The monoisotopic (exact) mass is 424 g/mol. The van der Waals surface area contributed by atoms with Crippen LogP contribution in [0.15, 0.2) is 36.7 Å². The second-order valence-corrected chi connectivity index (χ2v) is 6.93. The fraction of sp³-hybridized carbons (Fsp3) is 0.300. The van der Waals surface area contributed by atoms with E-state index in [1.165, 1.54) is 6.20 Å². The molecule has 5 nitrogen and oxygen atoms in total. The average molecular weight is 425 g/mol. The summed E-state index contributed by atoms with van der Waals surface area (Å²) < 4.78 is 38.8. The van der Waals surface area contributed by atoms with Gasteiger partial charge in [0, 0.05) is 29.5 Å². The van der Waals surface area contributed by atoms with Crippen molar-refractivity contribution in [1.29, 1.82) is 0 Å². The van der Waals surface area contributed by atoms with Crippen molar-refractivity contribution in [2.24, 2.45) is 0 Å². The van der Waals surface area contributed by atoms with E-state index in [1.807, 2.05) is 13.8 Å². The fourth-order valence-corrected chi connectivity index (χ4v) is 3.23. The topological polar surface area (TPSA) is 61.3 Å². The average Bonchev–Trinajstić information content (AvgIpc) is 2.68. The number of benzene rings is 1. The van der Waals surface area contributed by atoms with E-state index in [2.05, 4.69) is 20.2 Å². The van der Waals surface area contributed by atoms with Crippen molar-refractivity contribution in [3.05, 3.63) is 52.8 Å². The first kappa shape index (κ1) is 21.1. The van der Waals surface area contributed by atoms with Crippen molar-refractivity contribution in [2.75, 3.05) is 18.4 Å². The molecular weight excluding hydrogens is 405 g/mol. The summed E-state index contributed by atoms with van der Waals surface area (Å²) in [5.74, 6) is 0.0261. The van der Waals surface area contributed by atoms with Gasteiger partial charge in [-0.15, -0.1) is 0 Å². The van der Waals surface area contributed by atoms with E-state index >= 15 is 0 Å². The van der Waals surface area contributed by atoms with Gasteiger partial charge in [-0.25, -0.2) is 0 Å². The number of aromatic nitrogens is 2. The standard InChI is InChI=1S/C20H20ClF3N4O/c1-3-28(4-2)11-12-7-14(21)9-17(19(12)29)27-15-5-6-25-16-8-13(20(22,23)24)10-26-18(15)16/h5-10,29H,3-4,11H2,1-2H3,(H,25,27). The number of aromatic hydroxyl groups is 1. The molecule has 0 bridgehead atoms. The van der Waals surface area contributed by atoms with E-state index < -0.39 is 11.7 Å². The highest BCUT2D eigenvalue weighted by Gasteiger charge is 2.31. The lowest BCUT2D eigenvalue weighted by atomic mass is 10.1. The molecule has 0 radical (unpaired) electrons. The van der Waals surface area contributed by atoms with Gasteiger partial charge in [-0.05, 0) is 37.4 Å². The van der Waals surface area contributed by atoms with E-state index in [-0.39, 0.29) is 16.8 Å². The molecule has 9 heteroatoms. The van der Waals surface area contributed by atoms with Crippen LogP contribution in [0.25, 0.3) is 11.0 Å². The molecule has 0 aliphatic carbocycles. The van der Waals surface area contributed by atoms with Gasteiger partial charge < -0.3 is 10.4 Å². The summed E-state index contributed by atoms with van der Waals surface area (Å²) in [6.07, 6.45) is -2.36. The number of pyridine rings is 2. The molecule has 0 amide bonds. The number of anilines is 2. The quantitative estimate of drug-likeness (QED) is 0.505. The molecule has 3 aromatic rings. The van der Waals surface area contributed by atoms with E-state index in [0.717, 1.165) is 25.4 Å². The Morgan fingerprint density at radius 1 is 1.10 bits per heavy atom. The third-order valence-corrected chi connectivity index (χ3v) is 4.83. The summed E-state index contributed by atoms with van der Waals surface area (Å²) in [6, 6.07) is 5.77. The van der Waals surface area contributed by atoms with Crippen LogP contribution in [0.5, 0.6) is 5.75 Å². The molecule has 1 aromatic carbocycles. The summed E-state index contributed by atoms with van der Waals surface area (Å²) in [6.45, 7) is 6.18. The number of nitrogens with zero attached hydrogens (tertiary/aromatic N) is 3. The van der Waals surface area contributed by atoms with Crippen molar-refractivity contribution in [1.82, 2.24) is 14.9 Å². The normalized spacial score (nSPS) is 12.0. The molecule has 0 saturated carbocycles. The zero-order chi connectivity index (χ0) is 21.2. The number of nitrogens with one attached hydrogen (secondary N) is 1. The Kier molecular flexibility index (Phi) is 6.14. The number of alkyl halides is 3. The van der Waals surface area contributed by atoms with Gasteiger partial charge in [0.15, 0.2) is 0 Å². The lowest BCUT2D eigenvalue weighted by Crippen LogP contribution is -2.22. The van der Waals surface area contributed by atoms with Crippen LogP contribution in [-0.4, -0.2) is 33.1 Å². The number of rotatable bonds is 6. The van der Waals surface area contributed by atoms with Gasteiger partial charge in [-0.1, -0.05) is 25.4 Å². The summed E-state index contributed by atoms with van der Waals surface area (Å²) in [7, 11) is 0. The van der Waals surface area contributed by atoms with Gasteiger partial charge in [-0.3, -0.25) is 14.9 Å². The summed E-state index contributed by atoms with van der Waals surface area (Å²) in [4.78, 5) is 10.0. The van der Waals surface area contributed by atoms with Crippen molar-refractivity contribution in [3.63, 3.8) is 0 Å². The summed E-state index contributed by atoms with van der Waals surface area (Å²) in [5, 5.41) is 14.2. The maximum atomic E-state index is 12.9. The molecule has 2 N–H and O–H groups in total. The number of phenolic OH excluding ortho intramolecular Hbond substituents is 1. The molecule has 0 aliphatic rings. The Hall–Kier alpha value is -2.58. The van der Waals surface area contributed by atoms with Crippen LogP contribution in [0.4, 0.5) is 24.5 Å². The molecule has 0 unspecified atom stereocenters. The first-order valence-electron chi connectivity index (χ1n) is 9.05. The number of halogens is 4. The molecule has 29 heavy (non-hydrogen) atoms. The predicted molar refractivity (Wildman–Crippen MR) is 108 cm³/mol. The highest BCUT2D eigenvalue weighted by atomic mass is 35.5. The lowest BCUT2D eigenvalue weighted by Gasteiger charge is -2.20. The second kappa shape index (κ2) is 8.42. The molecule has 0 aliphatic heterocycles. The smallest absolute Gasteiger partial charge is 0.417 e. The highest BCUT2D eigenvalue weighted by molar-refractivity contribution is 6.31. The summed E-state index contributed by atoms with van der Waals surface area (Å²) in [5.41, 5.74) is 0.875. The zero-order valence-electron chi connectivity index (χ0n) is 15.9. The number of hydrogen-bond donors (Lipinski definition) is 2. The number of fused-ring (bicyclic) bond motifs is 1. The Bertz CT molecular complexity index is 1020. The second-order valence-electron chi connectivity index (χ2n) is 6.50. The molecule has 0 spiro atoms. The lowest BCUT2D eigenvalue weighted by molar-refractivity contribution is -0.137. The zero-order valence-corrected chi connectivity index (χ0v) is 16.6. The maximum Gasteiger partial charge on any atom is 0.417 e. The van der Waals surface area contributed by atoms with Crippen LogP contribution in [0.3, 0.4) is 0 Å². The number of phenols is 1. The molecule has 0 fully saturated rings. The molecule has 3 rings (SSSR count). The molecule has 0 saturated heterocycles. The van der Waals surface area contributed by atoms with Crippen LogP contribution >= 0.6 is 11.6 Å². The van der Waals surface area contributed by atoms with E-state index in [9.17, 15) is 18.3 Å². The minimum Gasteiger partial charge on any atom is -0.505 e. The maximum absolute atomic E-state index is 12.9. The Balaban J connectivity index is 1.99. The molecule has 2 aromatic heterocycles. The van der Waals surface area contributed by atoms with Gasteiger partial charge in [0.25, 0.3) is 0 Å². The molecule has 2 heterocycles. The third-order valence-electron chi connectivity index (χ3n) is 4.62. The first-order valence-corrected chi connectivity index (χ1v) is 9.43. The molecule has 0 atom stereocenters. The van der Waals surface area contributed by atoms with Crippen LogP contribution in [-0.2, 0) is 12.7 Å². The Morgan fingerprint density at radius 3 is 2.48 bits per heavy atom. The van der Waals surface area contributed by atoms with Gasteiger partial charge in [-0.2, -0.15) is 13.2 Å². The van der Waals surface area contributed by atoms with Gasteiger partial charge >= 0.3 is 6.18 Å². The van der Waals surface area contributed by atoms with E-state index in [1.54, 1.807) is 18.2 Å². The largest absolute Gasteiger partial charge is 0.505 e. The first-order chi connectivity index (χ1) is 13.7. The van der Waals surface area contributed by atoms with E-state index in [4.69, 9.17) is 11.6 Å². The van der Waals surface area contributed by atoms with Crippen LogP contribution in [0, 0.1) is 0 Å². The van der Waals surface area contributed by atoms with Crippen molar-refractivity contribution in [2.45, 2.75) is 26.6 Å². The van der Waals surface area contributed by atoms with Crippen LogP contribution < -0.4 is 5.32 Å². The van der Waals surface area contributed by atoms with Crippen molar-refractivity contribution >= 4 is 34.0 Å². The minimum absolute atomic E-state index is 0.0261. The van der Waals surface area contributed by atoms with Crippen LogP contribution in [0.1, 0.15) is 25.0 Å². The Morgan fingerprint density at radius 2 is 1.83 bits per heavy atom. The van der Waals surface area contributed by atoms with Crippen molar-refractivity contribution < 1.29 is 18.3 Å². The van der Waals surface area contributed by atoms with Gasteiger partial charge in [0.2, 0.25) is 0 Å². The molecular formula is C20H20ClF3N4O. The van der Waals surface area contributed by atoms with Crippen LogP contribution in [0.2, 0.25) is 5.02 Å². The van der Waals surface area contributed by atoms with Gasteiger partial charge in [0.1, 0.15) is 11.3 Å². The summed E-state index contributed by atoms with van der Waals surface area (Å²) >= 11 is 6.22. The molecule has 154 valence electrons. The Labute approximate surface area is 171 Å². The van der Waals surface area contributed by atoms with E-state index in [0.29, 0.717) is 28.5 Å². The predicted octanol–water partition coefficient (Wildman–Crippen LogP) is 5.59. The van der Waals surface area contributed by atoms with Crippen molar-refractivity contribution in [3.8, 4) is 5.75 Å². The SMILES string of the molecule is CCN(CC)Cc1cc(Cl)cc(Nc2ccnc3cc(C(F)(F)F)cnc23)c1O. The van der Waals surface area contributed by atoms with Gasteiger partial charge in [0.05, 0.1) is 22.5 Å². The minimum atomic E-state index is -4.50. The highest BCUT2D eigenvalue weighted by Crippen LogP contribution is 2.36. The third kappa shape index (κ3) is 4.71. The fourth-order valence-electron chi connectivity index (χ4n) is 2.99. The number of hydrogen-bond acceptors (Lipinski definition) is 5.